The molecule has 146 valence electrons. The van der Waals surface area contributed by atoms with Crippen molar-refractivity contribution in [3.05, 3.63) is 65.7 Å². The average molecular weight is 463 g/mol. The van der Waals surface area contributed by atoms with Gasteiger partial charge >= 0.3 is 0 Å². The standard InChI is InChI=1S/C21H19BrO5S/c1-26-16-9-8-15-18(19(16)27-2)14-10-11-21(22,20(15)23)12-17(14)28(24,25)13-6-4-3-5-7-13/h3-11,14,17H,12H2,1-2H3/t14-,17+,21+/m0/s1. The van der Waals surface area contributed by atoms with Crippen LogP contribution in [0.15, 0.2) is 59.5 Å². The molecule has 2 aromatic rings. The molecule has 2 aromatic carbocycles. The molecule has 0 heterocycles. The van der Waals surface area contributed by atoms with E-state index in [2.05, 4.69) is 15.9 Å². The van der Waals surface area contributed by atoms with Crippen LogP contribution >= 0.6 is 15.9 Å². The van der Waals surface area contributed by atoms with Crippen molar-refractivity contribution in [2.75, 3.05) is 14.2 Å². The Labute approximate surface area is 172 Å². The number of carbonyl (C=O) groups is 1. The van der Waals surface area contributed by atoms with Gasteiger partial charge in [0.25, 0.3) is 0 Å². The zero-order chi connectivity index (χ0) is 20.1. The molecule has 3 atom stereocenters. The van der Waals surface area contributed by atoms with Gasteiger partial charge in [-0.25, -0.2) is 8.42 Å². The summed E-state index contributed by atoms with van der Waals surface area (Å²) in [4.78, 5) is 13.5. The summed E-state index contributed by atoms with van der Waals surface area (Å²) in [6.07, 6.45) is 3.71. The van der Waals surface area contributed by atoms with E-state index in [0.717, 1.165) is 0 Å². The van der Waals surface area contributed by atoms with E-state index in [1.165, 1.54) is 14.2 Å². The van der Waals surface area contributed by atoms with E-state index in [0.29, 0.717) is 22.6 Å². The van der Waals surface area contributed by atoms with Gasteiger partial charge in [0.1, 0.15) is 4.32 Å². The van der Waals surface area contributed by atoms with Crippen LogP contribution in [0.4, 0.5) is 0 Å². The summed E-state index contributed by atoms with van der Waals surface area (Å²) < 4.78 is 36.9. The Morgan fingerprint density at radius 1 is 1.07 bits per heavy atom. The summed E-state index contributed by atoms with van der Waals surface area (Å²) in [5.41, 5.74) is 1.02. The van der Waals surface area contributed by atoms with Crippen molar-refractivity contribution in [3.8, 4) is 11.5 Å². The second kappa shape index (κ2) is 6.74. The van der Waals surface area contributed by atoms with E-state index in [9.17, 15) is 13.2 Å². The molecule has 0 radical (unpaired) electrons. The summed E-state index contributed by atoms with van der Waals surface area (Å²) >= 11 is 3.53. The molecule has 7 heteroatoms. The molecule has 28 heavy (non-hydrogen) atoms. The molecule has 5 nitrogen and oxygen atoms in total. The van der Waals surface area contributed by atoms with Crippen molar-refractivity contribution < 1.29 is 22.7 Å². The van der Waals surface area contributed by atoms with Crippen LogP contribution in [0.25, 0.3) is 0 Å². The number of alkyl halides is 1. The number of halogens is 1. The molecule has 3 aliphatic carbocycles. The Balaban J connectivity index is 1.98. The van der Waals surface area contributed by atoms with Crippen LogP contribution in [-0.2, 0) is 9.84 Å². The fourth-order valence-electron chi connectivity index (χ4n) is 4.11. The van der Waals surface area contributed by atoms with Crippen LogP contribution in [0, 0.1) is 0 Å². The maximum absolute atomic E-state index is 13.5. The van der Waals surface area contributed by atoms with E-state index in [1.807, 2.05) is 0 Å². The normalized spacial score (nSPS) is 25.9. The number of allylic oxidation sites excluding steroid dienone is 2. The van der Waals surface area contributed by atoms with Gasteiger partial charge in [-0.05, 0) is 30.7 Å². The SMILES string of the molecule is COc1ccc2c(c1OC)[C@H]1C=C[C@@](Br)(C[C@H]1S(=O)(=O)c1ccccc1)C2=O. The van der Waals surface area contributed by atoms with Crippen molar-refractivity contribution in [2.24, 2.45) is 0 Å². The number of hydrogen-bond donors (Lipinski definition) is 0. The Morgan fingerprint density at radius 3 is 2.43 bits per heavy atom. The molecule has 2 bridgehead atoms. The predicted octanol–water partition coefficient (Wildman–Crippen LogP) is 3.92. The van der Waals surface area contributed by atoms with Gasteiger partial charge in [-0.1, -0.05) is 46.3 Å². The first kappa shape index (κ1) is 19.2. The maximum atomic E-state index is 13.5. The van der Waals surface area contributed by atoms with E-state index >= 15 is 0 Å². The van der Waals surface area contributed by atoms with Crippen LogP contribution in [0.1, 0.15) is 28.3 Å². The number of hydrogen-bond acceptors (Lipinski definition) is 5. The van der Waals surface area contributed by atoms with Gasteiger partial charge in [0, 0.05) is 17.0 Å². The minimum Gasteiger partial charge on any atom is -0.493 e. The molecule has 0 amide bonds. The molecule has 3 aliphatic rings. The average Bonchev–Trinajstić information content (AvgIpc) is 2.88. The molecule has 0 saturated heterocycles. The zero-order valence-electron chi connectivity index (χ0n) is 15.4. The Kier molecular flexibility index (Phi) is 4.62. The largest absolute Gasteiger partial charge is 0.493 e. The molecule has 0 aromatic heterocycles. The number of rotatable bonds is 4. The van der Waals surface area contributed by atoms with Crippen LogP contribution < -0.4 is 9.47 Å². The molecular weight excluding hydrogens is 444 g/mol. The topological polar surface area (TPSA) is 69.7 Å². The summed E-state index contributed by atoms with van der Waals surface area (Å²) in [6, 6.07) is 11.7. The molecule has 0 unspecified atom stereocenters. The highest BCUT2D eigenvalue weighted by Gasteiger charge is 2.52. The number of ether oxygens (including phenoxy) is 2. The molecule has 0 N–H and O–H groups in total. The highest BCUT2D eigenvalue weighted by Crippen LogP contribution is 2.52. The molecule has 5 rings (SSSR count). The molecule has 0 fully saturated rings. The van der Waals surface area contributed by atoms with Crippen LogP contribution in [0.3, 0.4) is 0 Å². The van der Waals surface area contributed by atoms with Gasteiger partial charge in [-0.2, -0.15) is 0 Å². The number of Topliss-reactive ketones (excluding diaryl/α,β-unsaturated/α-hetero) is 1. The molecule has 0 saturated carbocycles. The minimum atomic E-state index is -3.69. The second-order valence-electron chi connectivity index (χ2n) is 6.94. The number of sulfone groups is 1. The smallest absolute Gasteiger partial charge is 0.183 e. The lowest BCUT2D eigenvalue weighted by atomic mass is 9.87. The highest BCUT2D eigenvalue weighted by molar-refractivity contribution is 9.10. The van der Waals surface area contributed by atoms with E-state index < -0.39 is 25.3 Å². The fourth-order valence-corrected chi connectivity index (χ4v) is 7.02. The monoisotopic (exact) mass is 462 g/mol. The lowest BCUT2D eigenvalue weighted by Crippen LogP contribution is -2.39. The van der Waals surface area contributed by atoms with Crippen molar-refractivity contribution in [1.29, 1.82) is 0 Å². The fraction of sp³-hybridized carbons (Fsp3) is 0.286. The van der Waals surface area contributed by atoms with Crippen molar-refractivity contribution in [3.63, 3.8) is 0 Å². The number of fused-ring (bicyclic) bond motifs is 1. The van der Waals surface area contributed by atoms with Crippen LogP contribution in [-0.4, -0.2) is 38.0 Å². The maximum Gasteiger partial charge on any atom is 0.183 e. The first-order valence-corrected chi connectivity index (χ1v) is 11.1. The number of methoxy groups -OCH3 is 2. The lowest BCUT2D eigenvalue weighted by Gasteiger charge is -2.32. The van der Waals surface area contributed by atoms with Gasteiger partial charge in [0.15, 0.2) is 27.1 Å². The number of ketones is 1. The third-order valence-corrected chi connectivity index (χ3v) is 8.61. The minimum absolute atomic E-state index is 0.143. The Bertz CT molecular complexity index is 1080. The van der Waals surface area contributed by atoms with Crippen molar-refractivity contribution >= 4 is 31.6 Å². The first-order chi connectivity index (χ1) is 13.3. The van der Waals surface area contributed by atoms with Crippen LogP contribution in [0.2, 0.25) is 0 Å². The lowest BCUT2D eigenvalue weighted by molar-refractivity contribution is 0.0963. The van der Waals surface area contributed by atoms with Crippen molar-refractivity contribution in [2.45, 2.75) is 26.8 Å². The highest BCUT2D eigenvalue weighted by atomic mass is 79.9. The summed E-state index contributed by atoms with van der Waals surface area (Å²) in [5.74, 6) is 0.164. The molecule has 0 aliphatic heterocycles. The molecule has 0 spiro atoms. The molecular formula is C21H19BrO5S. The van der Waals surface area contributed by atoms with Crippen LogP contribution in [0.5, 0.6) is 11.5 Å². The van der Waals surface area contributed by atoms with Gasteiger partial charge < -0.3 is 9.47 Å². The van der Waals surface area contributed by atoms with Gasteiger partial charge in [-0.3, -0.25) is 4.79 Å². The third kappa shape index (κ3) is 2.71. The first-order valence-electron chi connectivity index (χ1n) is 8.80. The zero-order valence-corrected chi connectivity index (χ0v) is 17.8. The van der Waals surface area contributed by atoms with Gasteiger partial charge in [0.2, 0.25) is 0 Å². The Hall–Kier alpha value is -2.12. The van der Waals surface area contributed by atoms with E-state index in [-0.39, 0.29) is 17.1 Å². The summed E-state index contributed by atoms with van der Waals surface area (Å²) in [7, 11) is -0.686. The second-order valence-corrected chi connectivity index (χ2v) is 10.5. The predicted molar refractivity (Wildman–Crippen MR) is 109 cm³/mol. The van der Waals surface area contributed by atoms with E-state index in [4.69, 9.17) is 9.47 Å². The van der Waals surface area contributed by atoms with Gasteiger partial charge in [0.05, 0.1) is 24.4 Å². The number of carbonyl (C=O) groups excluding carboxylic acids is 1. The Morgan fingerprint density at radius 2 is 1.79 bits per heavy atom. The number of benzene rings is 2. The quantitative estimate of drug-likeness (QED) is 0.508. The summed E-state index contributed by atoms with van der Waals surface area (Å²) in [5, 5.41) is -0.814. The summed E-state index contributed by atoms with van der Waals surface area (Å²) in [6.45, 7) is 0. The third-order valence-electron chi connectivity index (χ3n) is 5.48. The van der Waals surface area contributed by atoms with Gasteiger partial charge in [-0.15, -0.1) is 0 Å². The van der Waals surface area contributed by atoms with Crippen molar-refractivity contribution in [1.82, 2.24) is 0 Å². The van der Waals surface area contributed by atoms with E-state index in [1.54, 1.807) is 54.6 Å².